The number of nitrogens with zero attached hydrogens (tertiary/aromatic N) is 4. The van der Waals surface area contributed by atoms with Crippen molar-refractivity contribution in [1.82, 2.24) is 15.2 Å². The van der Waals surface area contributed by atoms with Crippen LogP contribution in [0.4, 0.5) is 4.39 Å². The maximum absolute atomic E-state index is 15.2. The lowest BCUT2D eigenvalue weighted by atomic mass is 10.1. The number of rotatable bonds is 5. The molecule has 0 fully saturated rings. The Bertz CT molecular complexity index is 1300. The van der Waals surface area contributed by atoms with Gasteiger partial charge >= 0.3 is 0 Å². The number of benzene rings is 2. The highest BCUT2D eigenvalue weighted by molar-refractivity contribution is 6.32. The van der Waals surface area contributed by atoms with E-state index in [-0.39, 0.29) is 50.9 Å². The molecule has 0 spiro atoms. The van der Waals surface area contributed by atoms with Crippen LogP contribution in [0.5, 0.6) is 11.5 Å². The number of aromatic nitrogens is 3. The zero-order valence-electron chi connectivity index (χ0n) is 16.1. The quantitative estimate of drug-likeness (QED) is 0.359. The molecular weight excluding hydrogens is 442 g/mol. The van der Waals surface area contributed by atoms with Crippen LogP contribution in [-0.4, -0.2) is 15.2 Å². The molecule has 2 heterocycles. The Kier molecular flexibility index (Phi) is 5.85. The van der Waals surface area contributed by atoms with E-state index in [4.69, 9.17) is 37.6 Å². The van der Waals surface area contributed by atoms with Crippen molar-refractivity contribution in [3.05, 3.63) is 87.2 Å². The molecule has 0 unspecified atom stereocenters. The average Bonchev–Trinajstić information content (AvgIpc) is 3.22. The Morgan fingerprint density at radius 3 is 2.71 bits per heavy atom. The first-order chi connectivity index (χ1) is 14.9. The number of nitriles is 1. The average molecular weight is 455 g/mol. The summed E-state index contributed by atoms with van der Waals surface area (Å²) >= 11 is 12.1. The fourth-order valence-electron chi connectivity index (χ4n) is 2.81. The number of hydrogen-bond donors (Lipinski definition) is 0. The van der Waals surface area contributed by atoms with Gasteiger partial charge in [-0.15, -0.1) is 10.2 Å². The second kappa shape index (κ2) is 8.72. The molecule has 4 aromatic rings. The van der Waals surface area contributed by atoms with Gasteiger partial charge in [0.1, 0.15) is 5.75 Å². The summed E-state index contributed by atoms with van der Waals surface area (Å²) in [4.78, 5) is 4.19. The molecule has 154 valence electrons. The van der Waals surface area contributed by atoms with E-state index in [2.05, 4.69) is 15.2 Å². The van der Waals surface area contributed by atoms with Gasteiger partial charge in [-0.25, -0.2) is 4.39 Å². The molecule has 2 aromatic carbocycles. The molecule has 0 amide bonds. The van der Waals surface area contributed by atoms with Gasteiger partial charge in [-0.05, 0) is 43.3 Å². The fraction of sp³-hybridized carbons (Fsp3) is 0.0909. The third-order valence-corrected chi connectivity index (χ3v) is 4.83. The van der Waals surface area contributed by atoms with E-state index in [0.717, 1.165) is 5.69 Å². The summed E-state index contributed by atoms with van der Waals surface area (Å²) in [7, 11) is 0. The van der Waals surface area contributed by atoms with Crippen LogP contribution in [0.2, 0.25) is 10.0 Å². The molecule has 0 radical (unpaired) electrons. The van der Waals surface area contributed by atoms with Gasteiger partial charge in [0.05, 0.1) is 28.6 Å². The first-order valence-corrected chi connectivity index (χ1v) is 9.79. The summed E-state index contributed by atoms with van der Waals surface area (Å²) < 4.78 is 26.4. The largest absolute Gasteiger partial charge is 0.453 e. The minimum Gasteiger partial charge on any atom is -0.453 e. The van der Waals surface area contributed by atoms with Gasteiger partial charge in [-0.3, -0.25) is 4.98 Å². The number of halogens is 3. The summed E-state index contributed by atoms with van der Waals surface area (Å²) in [5.74, 6) is -0.168. The lowest BCUT2D eigenvalue weighted by molar-refractivity contribution is 0.437. The Hall–Kier alpha value is -3.47. The van der Waals surface area contributed by atoms with Crippen molar-refractivity contribution in [3.63, 3.8) is 0 Å². The summed E-state index contributed by atoms with van der Waals surface area (Å²) in [6, 6.07) is 13.0. The van der Waals surface area contributed by atoms with E-state index in [1.165, 1.54) is 30.3 Å². The Balaban J connectivity index is 1.60. The minimum absolute atomic E-state index is 0.0324. The lowest BCUT2D eigenvalue weighted by Gasteiger charge is -2.11. The van der Waals surface area contributed by atoms with Crippen LogP contribution < -0.4 is 4.74 Å². The molecule has 0 aliphatic rings. The summed E-state index contributed by atoms with van der Waals surface area (Å²) in [6.07, 6.45) is 1.66. The molecule has 6 nitrogen and oxygen atoms in total. The zero-order valence-corrected chi connectivity index (χ0v) is 17.6. The summed E-state index contributed by atoms with van der Waals surface area (Å²) in [5, 5.41) is 17.4. The van der Waals surface area contributed by atoms with Gasteiger partial charge in [-0.1, -0.05) is 29.3 Å². The number of pyridine rings is 1. The number of ether oxygens (including phenoxy) is 1. The predicted molar refractivity (Wildman–Crippen MR) is 113 cm³/mol. The van der Waals surface area contributed by atoms with Crippen molar-refractivity contribution in [3.8, 4) is 29.0 Å². The van der Waals surface area contributed by atoms with E-state index >= 15 is 4.39 Å². The van der Waals surface area contributed by atoms with Gasteiger partial charge in [0.15, 0.2) is 11.6 Å². The zero-order chi connectivity index (χ0) is 22.0. The van der Waals surface area contributed by atoms with Crippen LogP contribution in [-0.2, 0) is 6.42 Å². The van der Waals surface area contributed by atoms with Crippen LogP contribution in [0.25, 0.3) is 11.5 Å². The first kappa shape index (κ1) is 20.8. The second-order valence-electron chi connectivity index (χ2n) is 6.61. The van der Waals surface area contributed by atoms with E-state index < -0.39 is 5.82 Å². The van der Waals surface area contributed by atoms with Gasteiger partial charge in [0, 0.05) is 22.5 Å². The molecule has 31 heavy (non-hydrogen) atoms. The fourth-order valence-corrected chi connectivity index (χ4v) is 3.22. The van der Waals surface area contributed by atoms with E-state index in [0.29, 0.717) is 5.56 Å². The van der Waals surface area contributed by atoms with Crippen LogP contribution in [0.3, 0.4) is 0 Å². The van der Waals surface area contributed by atoms with Gasteiger partial charge < -0.3 is 9.15 Å². The molecule has 0 atom stereocenters. The van der Waals surface area contributed by atoms with Crippen molar-refractivity contribution >= 4 is 23.2 Å². The Morgan fingerprint density at radius 2 is 1.97 bits per heavy atom. The maximum atomic E-state index is 15.2. The smallest absolute Gasteiger partial charge is 0.249 e. The minimum atomic E-state index is -0.678. The van der Waals surface area contributed by atoms with Gasteiger partial charge in [-0.2, -0.15) is 5.26 Å². The predicted octanol–water partition coefficient (Wildman–Crippen LogP) is 6.14. The monoisotopic (exact) mass is 454 g/mol. The van der Waals surface area contributed by atoms with Crippen molar-refractivity contribution < 1.29 is 13.5 Å². The first-order valence-electron chi connectivity index (χ1n) is 9.04. The van der Waals surface area contributed by atoms with E-state index in [1.54, 1.807) is 6.20 Å². The maximum Gasteiger partial charge on any atom is 0.249 e. The third-order valence-electron chi connectivity index (χ3n) is 4.32. The van der Waals surface area contributed by atoms with Crippen LogP contribution in [0.1, 0.15) is 22.7 Å². The van der Waals surface area contributed by atoms with Crippen LogP contribution in [0, 0.1) is 24.1 Å². The highest BCUT2D eigenvalue weighted by atomic mass is 35.5. The van der Waals surface area contributed by atoms with Crippen LogP contribution in [0.15, 0.2) is 53.1 Å². The molecular formula is C22H13Cl2FN4O2. The Labute approximate surface area is 186 Å². The molecule has 0 saturated carbocycles. The van der Waals surface area contributed by atoms with Crippen molar-refractivity contribution in [2.45, 2.75) is 13.3 Å². The second-order valence-corrected chi connectivity index (χ2v) is 7.45. The third kappa shape index (κ3) is 4.66. The SMILES string of the molecule is Cc1ccc(-c2nnc(Cc3ccc(Cl)c(Oc4cc(Cl)cc(C#N)c4)c3F)o2)cn1. The number of aryl methyl sites for hydroxylation is 1. The van der Waals surface area contributed by atoms with Crippen molar-refractivity contribution in [1.29, 1.82) is 5.26 Å². The lowest BCUT2D eigenvalue weighted by Crippen LogP contribution is -1.98. The van der Waals surface area contributed by atoms with Gasteiger partial charge in [0.2, 0.25) is 11.8 Å². The normalized spacial score (nSPS) is 10.7. The van der Waals surface area contributed by atoms with E-state index in [1.807, 2.05) is 25.1 Å². The number of hydrogen-bond acceptors (Lipinski definition) is 6. The molecule has 0 aliphatic carbocycles. The Morgan fingerprint density at radius 1 is 1.13 bits per heavy atom. The molecule has 0 N–H and O–H groups in total. The molecule has 4 rings (SSSR count). The summed E-state index contributed by atoms with van der Waals surface area (Å²) in [5.41, 5.74) is 2.05. The van der Waals surface area contributed by atoms with Crippen molar-refractivity contribution in [2.24, 2.45) is 0 Å². The molecule has 0 saturated heterocycles. The van der Waals surface area contributed by atoms with Crippen LogP contribution >= 0.6 is 23.2 Å². The molecule has 0 aliphatic heterocycles. The highest BCUT2D eigenvalue weighted by Gasteiger charge is 2.18. The summed E-state index contributed by atoms with van der Waals surface area (Å²) in [6.45, 7) is 1.87. The molecule has 2 aromatic heterocycles. The van der Waals surface area contributed by atoms with Crippen molar-refractivity contribution in [2.75, 3.05) is 0 Å². The highest BCUT2D eigenvalue weighted by Crippen LogP contribution is 2.36. The molecule has 0 bridgehead atoms. The van der Waals surface area contributed by atoms with E-state index in [9.17, 15) is 0 Å². The van der Waals surface area contributed by atoms with Gasteiger partial charge in [0.25, 0.3) is 0 Å². The topological polar surface area (TPSA) is 84.8 Å². The standard InChI is InChI=1S/C22H13Cl2FN4O2/c1-12-2-3-15(11-27-12)22-29-28-19(31-22)8-14-4-5-18(24)21(20(14)25)30-17-7-13(10-26)6-16(23)9-17/h2-7,9,11H,8H2,1H3. The molecule has 9 heteroatoms.